The van der Waals surface area contributed by atoms with Crippen molar-refractivity contribution in [1.29, 1.82) is 0 Å². The van der Waals surface area contributed by atoms with Gasteiger partial charge in [0.25, 0.3) is 5.88 Å². The van der Waals surface area contributed by atoms with E-state index in [4.69, 9.17) is 4.74 Å². The van der Waals surface area contributed by atoms with Crippen molar-refractivity contribution in [2.24, 2.45) is 0 Å². The maximum Gasteiger partial charge on any atom is 0.258 e. The van der Waals surface area contributed by atoms with Crippen molar-refractivity contribution in [1.82, 2.24) is 14.4 Å². The van der Waals surface area contributed by atoms with Crippen LogP contribution in [0, 0.1) is 0 Å². The molecule has 2 heterocycles. The molecule has 3 rings (SSSR count). The van der Waals surface area contributed by atoms with Gasteiger partial charge >= 0.3 is 0 Å². The molecular formula is C14H15N3O2. The summed E-state index contributed by atoms with van der Waals surface area (Å²) in [5.74, 6) is 0.466. The number of rotatable bonds is 3. The minimum absolute atomic E-state index is 0.466. The van der Waals surface area contributed by atoms with Crippen LogP contribution in [0.4, 0.5) is 0 Å². The highest BCUT2D eigenvalue weighted by molar-refractivity contribution is 5.80. The van der Waals surface area contributed by atoms with Gasteiger partial charge in [-0.15, -0.1) is 0 Å². The van der Waals surface area contributed by atoms with Gasteiger partial charge in [-0.05, 0) is 18.6 Å². The van der Waals surface area contributed by atoms with Gasteiger partial charge in [-0.2, -0.15) is 0 Å². The number of fused-ring (bicyclic) bond motifs is 3. The molecule has 3 aromatic rings. The number of ether oxygens (including phenoxy) is 1. The van der Waals surface area contributed by atoms with Crippen LogP contribution in [0.3, 0.4) is 0 Å². The number of aliphatic hydroxyl groups excluding tert-OH is 1. The molecule has 19 heavy (non-hydrogen) atoms. The van der Waals surface area contributed by atoms with Crippen molar-refractivity contribution in [2.45, 2.75) is 19.4 Å². The number of aliphatic hydroxyl groups is 1. The van der Waals surface area contributed by atoms with Crippen LogP contribution in [0.15, 0.2) is 30.5 Å². The maximum atomic E-state index is 10.1. The summed E-state index contributed by atoms with van der Waals surface area (Å²) >= 11 is 0. The highest BCUT2D eigenvalue weighted by atomic mass is 16.5. The second-order valence-corrected chi connectivity index (χ2v) is 4.38. The van der Waals surface area contributed by atoms with Crippen LogP contribution in [-0.2, 0) is 0 Å². The molecule has 1 atom stereocenters. The van der Waals surface area contributed by atoms with Gasteiger partial charge in [0.15, 0.2) is 0 Å². The lowest BCUT2D eigenvalue weighted by Crippen LogP contribution is -2.03. The van der Waals surface area contributed by atoms with Gasteiger partial charge in [-0.1, -0.05) is 19.1 Å². The van der Waals surface area contributed by atoms with E-state index >= 15 is 0 Å². The third-order valence-corrected chi connectivity index (χ3v) is 3.25. The Bertz CT molecular complexity index is 736. The lowest BCUT2D eigenvalue weighted by Gasteiger charge is -2.11. The van der Waals surface area contributed by atoms with E-state index in [1.165, 1.54) is 0 Å². The number of benzene rings is 1. The fourth-order valence-electron chi connectivity index (χ4n) is 2.26. The Kier molecular flexibility index (Phi) is 2.83. The molecule has 1 unspecified atom stereocenters. The van der Waals surface area contributed by atoms with E-state index in [1.54, 1.807) is 13.3 Å². The zero-order chi connectivity index (χ0) is 13.4. The van der Waals surface area contributed by atoms with E-state index in [9.17, 15) is 5.11 Å². The second-order valence-electron chi connectivity index (χ2n) is 4.38. The quantitative estimate of drug-likeness (QED) is 0.782. The Labute approximate surface area is 110 Å². The Morgan fingerprint density at radius 2 is 2.16 bits per heavy atom. The van der Waals surface area contributed by atoms with Crippen LogP contribution >= 0.6 is 0 Å². The first-order chi connectivity index (χ1) is 9.26. The third-order valence-electron chi connectivity index (χ3n) is 3.25. The largest absolute Gasteiger partial charge is 0.478 e. The number of imidazole rings is 1. The molecule has 0 aliphatic carbocycles. The summed E-state index contributed by atoms with van der Waals surface area (Å²) < 4.78 is 7.20. The predicted molar refractivity (Wildman–Crippen MR) is 72.3 cm³/mol. The zero-order valence-corrected chi connectivity index (χ0v) is 10.9. The molecular weight excluding hydrogens is 242 g/mol. The Morgan fingerprint density at radius 3 is 2.89 bits per heavy atom. The summed E-state index contributed by atoms with van der Waals surface area (Å²) in [5.41, 5.74) is 3.12. The van der Waals surface area contributed by atoms with E-state index in [0.29, 0.717) is 17.9 Å². The lowest BCUT2D eigenvalue weighted by atomic mass is 10.2. The van der Waals surface area contributed by atoms with Gasteiger partial charge in [0.1, 0.15) is 0 Å². The van der Waals surface area contributed by atoms with E-state index in [1.807, 2.05) is 35.6 Å². The van der Waals surface area contributed by atoms with E-state index < -0.39 is 6.10 Å². The first kappa shape index (κ1) is 11.9. The van der Waals surface area contributed by atoms with Gasteiger partial charge < -0.3 is 9.84 Å². The molecule has 98 valence electrons. The standard InChI is InChI=1S/C14H15N3O2/c1-3-12(18)11-8-15-13-14(19-2)16-9-6-4-5-7-10(9)17(11)13/h4-8,12,18H,3H2,1-2H3. The minimum Gasteiger partial charge on any atom is -0.478 e. The number of hydrogen-bond donors (Lipinski definition) is 1. The van der Waals surface area contributed by atoms with Crippen LogP contribution in [0.2, 0.25) is 0 Å². The second kappa shape index (κ2) is 4.51. The van der Waals surface area contributed by atoms with Crippen molar-refractivity contribution in [3.05, 3.63) is 36.2 Å². The van der Waals surface area contributed by atoms with Crippen LogP contribution < -0.4 is 4.74 Å². The number of para-hydroxylation sites is 2. The summed E-state index contributed by atoms with van der Waals surface area (Å²) in [6, 6.07) is 7.74. The van der Waals surface area contributed by atoms with Crippen molar-refractivity contribution in [3.8, 4) is 5.88 Å². The number of methoxy groups -OCH3 is 1. The molecule has 0 spiro atoms. The summed E-state index contributed by atoms with van der Waals surface area (Å²) in [6.07, 6.45) is 1.76. The highest BCUT2D eigenvalue weighted by Crippen LogP contribution is 2.27. The van der Waals surface area contributed by atoms with E-state index in [-0.39, 0.29) is 0 Å². The van der Waals surface area contributed by atoms with E-state index in [0.717, 1.165) is 16.7 Å². The summed E-state index contributed by atoms with van der Waals surface area (Å²) in [4.78, 5) is 8.76. The smallest absolute Gasteiger partial charge is 0.258 e. The molecule has 5 nitrogen and oxygen atoms in total. The highest BCUT2D eigenvalue weighted by Gasteiger charge is 2.17. The predicted octanol–water partition coefficient (Wildman–Crippen LogP) is 2.33. The van der Waals surface area contributed by atoms with Crippen LogP contribution in [-0.4, -0.2) is 26.6 Å². The molecule has 0 bridgehead atoms. The molecule has 2 aromatic heterocycles. The lowest BCUT2D eigenvalue weighted by molar-refractivity contribution is 0.168. The molecule has 0 aliphatic heterocycles. The van der Waals surface area contributed by atoms with Gasteiger partial charge in [-0.3, -0.25) is 4.40 Å². The monoisotopic (exact) mass is 257 g/mol. The molecule has 0 radical (unpaired) electrons. The average molecular weight is 257 g/mol. The molecule has 1 aromatic carbocycles. The van der Waals surface area contributed by atoms with Crippen LogP contribution in [0.1, 0.15) is 25.1 Å². The summed E-state index contributed by atoms with van der Waals surface area (Å²) in [7, 11) is 1.57. The molecule has 0 saturated carbocycles. The third kappa shape index (κ3) is 1.74. The topological polar surface area (TPSA) is 59.7 Å². The Morgan fingerprint density at radius 1 is 1.37 bits per heavy atom. The van der Waals surface area contributed by atoms with Crippen molar-refractivity contribution in [2.75, 3.05) is 7.11 Å². The van der Waals surface area contributed by atoms with Crippen molar-refractivity contribution in [3.63, 3.8) is 0 Å². The first-order valence-corrected chi connectivity index (χ1v) is 6.24. The van der Waals surface area contributed by atoms with Crippen molar-refractivity contribution < 1.29 is 9.84 Å². The minimum atomic E-state index is -0.550. The average Bonchev–Trinajstić information content (AvgIpc) is 2.90. The molecule has 0 aliphatic rings. The molecule has 0 saturated heterocycles. The van der Waals surface area contributed by atoms with Gasteiger partial charge in [0.2, 0.25) is 5.65 Å². The summed E-state index contributed by atoms with van der Waals surface area (Å²) in [5, 5.41) is 10.1. The number of hydrogen-bond acceptors (Lipinski definition) is 4. The van der Waals surface area contributed by atoms with Crippen molar-refractivity contribution >= 4 is 16.7 Å². The number of aromatic nitrogens is 3. The summed E-state index contributed by atoms with van der Waals surface area (Å²) in [6.45, 7) is 1.94. The van der Waals surface area contributed by atoms with Crippen LogP contribution in [0.5, 0.6) is 5.88 Å². The molecule has 5 heteroatoms. The molecule has 1 N–H and O–H groups in total. The Hall–Kier alpha value is -2.14. The SMILES string of the molecule is CCC(O)c1cnc2c(OC)nc3ccccc3n12. The fraction of sp³-hybridized carbons (Fsp3) is 0.286. The fourth-order valence-corrected chi connectivity index (χ4v) is 2.26. The first-order valence-electron chi connectivity index (χ1n) is 6.24. The normalized spacial score (nSPS) is 13.0. The molecule has 0 fully saturated rings. The zero-order valence-electron chi connectivity index (χ0n) is 10.9. The molecule has 0 amide bonds. The maximum absolute atomic E-state index is 10.1. The Balaban J connectivity index is 2.45. The van der Waals surface area contributed by atoms with Gasteiger partial charge in [-0.25, -0.2) is 9.97 Å². The van der Waals surface area contributed by atoms with Gasteiger partial charge in [0.05, 0.1) is 36.1 Å². The van der Waals surface area contributed by atoms with E-state index in [2.05, 4.69) is 9.97 Å². The van der Waals surface area contributed by atoms with Gasteiger partial charge in [0, 0.05) is 0 Å². The van der Waals surface area contributed by atoms with Crippen LogP contribution in [0.25, 0.3) is 16.7 Å². The number of nitrogens with zero attached hydrogens (tertiary/aromatic N) is 3.